The second kappa shape index (κ2) is 6.11. The Balaban J connectivity index is 1.91. The molecule has 0 amide bonds. The SMILES string of the molecule is OC(CCN1CCCC1)c1ccc(I)cc1F. The van der Waals surface area contributed by atoms with Crippen molar-refractivity contribution in [1.29, 1.82) is 0 Å². The first-order valence-corrected chi connectivity index (χ1v) is 7.10. The zero-order valence-corrected chi connectivity index (χ0v) is 11.9. The minimum atomic E-state index is -0.687. The summed E-state index contributed by atoms with van der Waals surface area (Å²) in [6.45, 7) is 3.08. The summed E-state index contributed by atoms with van der Waals surface area (Å²) < 4.78 is 14.5. The largest absolute Gasteiger partial charge is 0.388 e. The number of aliphatic hydroxyl groups is 1. The molecule has 1 fully saturated rings. The van der Waals surface area contributed by atoms with E-state index < -0.39 is 6.10 Å². The molecule has 1 atom stereocenters. The van der Waals surface area contributed by atoms with Crippen molar-refractivity contribution >= 4 is 22.6 Å². The number of halogens is 2. The Morgan fingerprint density at radius 3 is 2.71 bits per heavy atom. The van der Waals surface area contributed by atoms with Crippen LogP contribution < -0.4 is 0 Å². The van der Waals surface area contributed by atoms with Gasteiger partial charge >= 0.3 is 0 Å². The third kappa shape index (κ3) is 3.63. The highest BCUT2D eigenvalue weighted by Crippen LogP contribution is 2.22. The van der Waals surface area contributed by atoms with Gasteiger partial charge in [-0.05, 0) is 67.1 Å². The molecule has 0 aromatic heterocycles. The van der Waals surface area contributed by atoms with Crippen LogP contribution in [0.25, 0.3) is 0 Å². The van der Waals surface area contributed by atoms with Crippen molar-refractivity contribution in [2.45, 2.75) is 25.4 Å². The minimum absolute atomic E-state index is 0.300. The number of rotatable bonds is 4. The van der Waals surface area contributed by atoms with Gasteiger partial charge in [0.05, 0.1) is 6.10 Å². The standard InChI is InChI=1S/C13H17FINO/c14-12-9-10(15)3-4-11(12)13(17)5-8-16-6-1-2-7-16/h3-4,9,13,17H,1-2,5-8H2. The van der Waals surface area contributed by atoms with Gasteiger partial charge in [0, 0.05) is 15.7 Å². The molecule has 94 valence electrons. The van der Waals surface area contributed by atoms with Gasteiger partial charge in [-0.25, -0.2) is 4.39 Å². The zero-order valence-electron chi connectivity index (χ0n) is 9.70. The third-order valence-electron chi connectivity index (χ3n) is 3.24. The van der Waals surface area contributed by atoms with Crippen LogP contribution in [0, 0.1) is 9.39 Å². The highest BCUT2D eigenvalue weighted by molar-refractivity contribution is 14.1. The lowest BCUT2D eigenvalue weighted by atomic mass is 10.1. The Morgan fingerprint density at radius 2 is 2.06 bits per heavy atom. The van der Waals surface area contributed by atoms with Crippen LogP contribution in [0.3, 0.4) is 0 Å². The predicted octanol–water partition coefficient (Wildman–Crippen LogP) is 2.95. The maximum atomic E-state index is 13.6. The first-order chi connectivity index (χ1) is 8.16. The molecule has 1 aliphatic heterocycles. The Morgan fingerprint density at radius 1 is 1.35 bits per heavy atom. The van der Waals surface area contributed by atoms with Crippen LogP contribution in [-0.4, -0.2) is 29.6 Å². The van der Waals surface area contributed by atoms with Crippen molar-refractivity contribution in [2.24, 2.45) is 0 Å². The third-order valence-corrected chi connectivity index (χ3v) is 3.91. The van der Waals surface area contributed by atoms with E-state index in [4.69, 9.17) is 0 Å². The molecule has 2 nitrogen and oxygen atoms in total. The number of likely N-dealkylation sites (tertiary alicyclic amines) is 1. The van der Waals surface area contributed by atoms with Gasteiger partial charge in [-0.15, -0.1) is 0 Å². The fraction of sp³-hybridized carbons (Fsp3) is 0.538. The van der Waals surface area contributed by atoms with Crippen LogP contribution >= 0.6 is 22.6 Å². The van der Waals surface area contributed by atoms with E-state index >= 15 is 0 Å². The molecule has 0 aliphatic carbocycles. The van der Waals surface area contributed by atoms with E-state index in [1.54, 1.807) is 6.07 Å². The summed E-state index contributed by atoms with van der Waals surface area (Å²) in [5, 5.41) is 9.98. The molecule has 1 N–H and O–H groups in total. The average Bonchev–Trinajstić information content (AvgIpc) is 2.78. The van der Waals surface area contributed by atoms with Gasteiger partial charge in [0.15, 0.2) is 0 Å². The van der Waals surface area contributed by atoms with Crippen LogP contribution in [0.5, 0.6) is 0 Å². The summed E-state index contributed by atoms with van der Waals surface area (Å²) in [6, 6.07) is 4.98. The number of nitrogens with zero attached hydrogens (tertiary/aromatic N) is 1. The van der Waals surface area contributed by atoms with Crippen LogP contribution in [-0.2, 0) is 0 Å². The van der Waals surface area contributed by atoms with Crippen molar-refractivity contribution < 1.29 is 9.50 Å². The van der Waals surface area contributed by atoms with Gasteiger partial charge in [-0.2, -0.15) is 0 Å². The molecule has 0 saturated carbocycles. The lowest BCUT2D eigenvalue weighted by Gasteiger charge is -2.18. The summed E-state index contributed by atoms with van der Waals surface area (Å²) in [5.41, 5.74) is 0.421. The predicted molar refractivity (Wildman–Crippen MR) is 74.4 cm³/mol. The first kappa shape index (κ1) is 13.2. The summed E-state index contributed by atoms with van der Waals surface area (Å²) in [4.78, 5) is 2.33. The van der Waals surface area contributed by atoms with Crippen LogP contribution in [0.15, 0.2) is 18.2 Å². The van der Waals surface area contributed by atoms with E-state index in [9.17, 15) is 9.50 Å². The quantitative estimate of drug-likeness (QED) is 0.845. The molecule has 0 radical (unpaired) electrons. The van der Waals surface area contributed by atoms with Crippen LogP contribution in [0.1, 0.15) is 30.9 Å². The van der Waals surface area contributed by atoms with E-state index in [1.807, 2.05) is 6.07 Å². The molecule has 1 heterocycles. The van der Waals surface area contributed by atoms with Gasteiger partial charge in [-0.3, -0.25) is 0 Å². The molecule has 2 rings (SSSR count). The molecule has 0 spiro atoms. The highest BCUT2D eigenvalue weighted by atomic mass is 127. The molecule has 1 aromatic carbocycles. The molecule has 1 aromatic rings. The average molecular weight is 349 g/mol. The first-order valence-electron chi connectivity index (χ1n) is 6.02. The lowest BCUT2D eigenvalue weighted by Crippen LogP contribution is -2.22. The monoisotopic (exact) mass is 349 g/mol. The second-order valence-electron chi connectivity index (χ2n) is 4.52. The van der Waals surface area contributed by atoms with Crippen molar-refractivity contribution in [2.75, 3.05) is 19.6 Å². The Bertz CT molecular complexity index is 380. The van der Waals surface area contributed by atoms with E-state index in [1.165, 1.54) is 18.9 Å². The maximum absolute atomic E-state index is 13.6. The fourth-order valence-corrected chi connectivity index (χ4v) is 2.69. The van der Waals surface area contributed by atoms with Gasteiger partial charge in [0.2, 0.25) is 0 Å². The van der Waals surface area contributed by atoms with E-state index in [-0.39, 0.29) is 5.82 Å². The van der Waals surface area contributed by atoms with E-state index in [2.05, 4.69) is 27.5 Å². The summed E-state index contributed by atoms with van der Waals surface area (Å²) >= 11 is 2.07. The zero-order chi connectivity index (χ0) is 12.3. The second-order valence-corrected chi connectivity index (χ2v) is 5.76. The number of hydrogen-bond donors (Lipinski definition) is 1. The van der Waals surface area contributed by atoms with Gasteiger partial charge in [-0.1, -0.05) is 6.07 Å². The van der Waals surface area contributed by atoms with E-state index in [0.29, 0.717) is 12.0 Å². The Kier molecular flexibility index (Phi) is 4.76. The van der Waals surface area contributed by atoms with Gasteiger partial charge in [0.25, 0.3) is 0 Å². The molecular formula is C13H17FINO. The summed E-state index contributed by atoms with van der Waals surface area (Å²) in [6.07, 6.45) is 2.41. The molecular weight excluding hydrogens is 332 g/mol. The maximum Gasteiger partial charge on any atom is 0.130 e. The Hall–Kier alpha value is -0.200. The van der Waals surface area contributed by atoms with Gasteiger partial charge < -0.3 is 10.0 Å². The van der Waals surface area contributed by atoms with E-state index in [0.717, 1.165) is 23.2 Å². The molecule has 1 unspecified atom stereocenters. The lowest BCUT2D eigenvalue weighted by molar-refractivity contribution is 0.145. The molecule has 0 bridgehead atoms. The van der Waals surface area contributed by atoms with Crippen molar-refractivity contribution in [1.82, 2.24) is 4.90 Å². The number of hydrogen-bond acceptors (Lipinski definition) is 2. The van der Waals surface area contributed by atoms with Gasteiger partial charge in [0.1, 0.15) is 5.82 Å². The Labute approximate surface area is 115 Å². The normalized spacial score (nSPS) is 18.5. The van der Waals surface area contributed by atoms with Crippen molar-refractivity contribution in [3.8, 4) is 0 Å². The van der Waals surface area contributed by atoms with Crippen molar-refractivity contribution in [3.05, 3.63) is 33.1 Å². The fourth-order valence-electron chi connectivity index (χ4n) is 2.24. The topological polar surface area (TPSA) is 23.5 Å². The summed E-state index contributed by atoms with van der Waals surface area (Å²) in [7, 11) is 0. The molecule has 4 heteroatoms. The number of aliphatic hydroxyl groups excluding tert-OH is 1. The smallest absolute Gasteiger partial charge is 0.130 e. The molecule has 17 heavy (non-hydrogen) atoms. The summed E-state index contributed by atoms with van der Waals surface area (Å²) in [5.74, 6) is -0.300. The minimum Gasteiger partial charge on any atom is -0.388 e. The molecule has 1 saturated heterocycles. The molecule has 1 aliphatic rings. The number of benzene rings is 1. The van der Waals surface area contributed by atoms with Crippen LogP contribution in [0.4, 0.5) is 4.39 Å². The highest BCUT2D eigenvalue weighted by Gasteiger charge is 2.16. The van der Waals surface area contributed by atoms with Crippen LogP contribution in [0.2, 0.25) is 0 Å². The van der Waals surface area contributed by atoms with Crippen molar-refractivity contribution in [3.63, 3.8) is 0 Å².